The molecule has 0 aromatic rings. The molecule has 0 aliphatic heterocycles. The summed E-state index contributed by atoms with van der Waals surface area (Å²) in [5, 5.41) is 0. The minimum atomic E-state index is 0.522. The Balaban J connectivity index is 2.59. The molecule has 1 fully saturated rings. The van der Waals surface area contributed by atoms with Gasteiger partial charge in [-0.2, -0.15) is 0 Å². The van der Waals surface area contributed by atoms with Crippen LogP contribution >= 0.6 is 0 Å². The molecule has 0 spiro atoms. The van der Waals surface area contributed by atoms with Crippen LogP contribution < -0.4 is 0 Å². The molecule has 0 radical (unpaired) electrons. The van der Waals surface area contributed by atoms with Gasteiger partial charge in [0.1, 0.15) is 0 Å². The minimum Gasteiger partial charge on any atom is -0.381 e. The highest BCUT2D eigenvalue weighted by Crippen LogP contribution is 2.36. The third kappa shape index (κ3) is 2.01. The van der Waals surface area contributed by atoms with Crippen molar-refractivity contribution in [2.45, 2.75) is 46.1 Å². The second kappa shape index (κ2) is 4.27. The molecule has 12 heavy (non-hydrogen) atoms. The smallest absolute Gasteiger partial charge is 0.0604 e. The fourth-order valence-corrected chi connectivity index (χ4v) is 2.75. The van der Waals surface area contributed by atoms with E-state index in [1.54, 1.807) is 0 Å². The monoisotopic (exact) mass is 170 g/mol. The van der Waals surface area contributed by atoms with Gasteiger partial charge in [-0.25, -0.2) is 0 Å². The lowest BCUT2D eigenvalue weighted by molar-refractivity contribution is -0.0201. The van der Waals surface area contributed by atoms with Gasteiger partial charge >= 0.3 is 0 Å². The summed E-state index contributed by atoms with van der Waals surface area (Å²) in [5.41, 5.74) is 0. The van der Waals surface area contributed by atoms with Gasteiger partial charge in [0.25, 0.3) is 0 Å². The van der Waals surface area contributed by atoms with Crippen LogP contribution in [0.15, 0.2) is 0 Å². The van der Waals surface area contributed by atoms with Crippen molar-refractivity contribution < 1.29 is 4.74 Å². The maximum atomic E-state index is 5.54. The number of hydrogen-bond donors (Lipinski definition) is 0. The molecule has 0 amide bonds. The summed E-state index contributed by atoms with van der Waals surface area (Å²) in [6.45, 7) is 7.01. The Labute approximate surface area is 76.5 Å². The second-order valence-corrected chi connectivity index (χ2v) is 4.50. The quantitative estimate of drug-likeness (QED) is 0.619. The first-order valence-electron chi connectivity index (χ1n) is 5.19. The Morgan fingerprint density at radius 3 is 2.33 bits per heavy atom. The highest BCUT2D eigenvalue weighted by atomic mass is 16.5. The van der Waals surface area contributed by atoms with Gasteiger partial charge in [0.05, 0.1) is 6.10 Å². The van der Waals surface area contributed by atoms with Crippen LogP contribution in [-0.2, 0) is 4.74 Å². The van der Waals surface area contributed by atoms with Crippen LogP contribution in [0.3, 0.4) is 0 Å². The van der Waals surface area contributed by atoms with Crippen molar-refractivity contribution >= 4 is 0 Å². The molecule has 1 nitrogen and oxygen atoms in total. The van der Waals surface area contributed by atoms with E-state index < -0.39 is 0 Å². The molecule has 1 saturated carbocycles. The van der Waals surface area contributed by atoms with Gasteiger partial charge in [-0.15, -0.1) is 0 Å². The summed E-state index contributed by atoms with van der Waals surface area (Å²) in [6, 6.07) is 0. The van der Waals surface area contributed by atoms with Crippen LogP contribution in [0, 0.1) is 17.8 Å². The van der Waals surface area contributed by atoms with Crippen molar-refractivity contribution in [3.8, 4) is 0 Å². The standard InChI is InChI=1S/C11H22O/c1-8(2)11-9(3)6-5-7-10(11)12-4/h8-11H,5-7H2,1-4H3/t9-,10+,11-/m0/s1. The third-order valence-electron chi connectivity index (χ3n) is 3.31. The molecule has 1 rings (SSSR count). The molecule has 72 valence electrons. The van der Waals surface area contributed by atoms with Crippen molar-refractivity contribution in [1.29, 1.82) is 0 Å². The zero-order valence-electron chi connectivity index (χ0n) is 8.84. The highest BCUT2D eigenvalue weighted by Gasteiger charge is 2.32. The molecule has 0 saturated heterocycles. The minimum absolute atomic E-state index is 0.522. The average Bonchev–Trinajstić information content (AvgIpc) is 2.03. The van der Waals surface area contributed by atoms with E-state index in [1.165, 1.54) is 19.3 Å². The fraction of sp³-hybridized carbons (Fsp3) is 1.00. The summed E-state index contributed by atoms with van der Waals surface area (Å²) >= 11 is 0. The summed E-state index contributed by atoms with van der Waals surface area (Å²) in [5.74, 6) is 2.40. The Hall–Kier alpha value is -0.0400. The lowest BCUT2D eigenvalue weighted by Crippen LogP contribution is -2.35. The summed E-state index contributed by atoms with van der Waals surface area (Å²) < 4.78 is 5.54. The Morgan fingerprint density at radius 2 is 1.92 bits per heavy atom. The average molecular weight is 170 g/mol. The van der Waals surface area contributed by atoms with Crippen molar-refractivity contribution in [3.05, 3.63) is 0 Å². The summed E-state index contributed by atoms with van der Waals surface area (Å²) in [4.78, 5) is 0. The van der Waals surface area contributed by atoms with Gasteiger partial charge in [0, 0.05) is 7.11 Å². The van der Waals surface area contributed by atoms with E-state index in [0.717, 1.165) is 17.8 Å². The van der Waals surface area contributed by atoms with Gasteiger partial charge < -0.3 is 4.74 Å². The summed E-state index contributed by atoms with van der Waals surface area (Å²) in [6.07, 6.45) is 4.53. The fourth-order valence-electron chi connectivity index (χ4n) is 2.75. The Kier molecular flexibility index (Phi) is 3.57. The molecule has 1 heteroatoms. The van der Waals surface area contributed by atoms with Gasteiger partial charge in [-0.3, -0.25) is 0 Å². The SMILES string of the molecule is CO[C@@H]1CCC[C@H](C)[C@@H]1C(C)C. The molecule has 0 aromatic heterocycles. The van der Waals surface area contributed by atoms with E-state index in [0.29, 0.717) is 6.10 Å². The van der Waals surface area contributed by atoms with Crippen LogP contribution in [0.5, 0.6) is 0 Å². The van der Waals surface area contributed by atoms with Crippen LogP contribution in [0.25, 0.3) is 0 Å². The van der Waals surface area contributed by atoms with E-state index in [-0.39, 0.29) is 0 Å². The van der Waals surface area contributed by atoms with E-state index in [2.05, 4.69) is 20.8 Å². The molecular formula is C11H22O. The van der Waals surface area contributed by atoms with Gasteiger partial charge in [0.15, 0.2) is 0 Å². The van der Waals surface area contributed by atoms with Gasteiger partial charge in [-0.1, -0.05) is 33.6 Å². The zero-order valence-corrected chi connectivity index (χ0v) is 8.84. The first-order chi connectivity index (χ1) is 5.66. The van der Waals surface area contributed by atoms with Crippen LogP contribution in [0.1, 0.15) is 40.0 Å². The van der Waals surface area contributed by atoms with E-state index in [1.807, 2.05) is 7.11 Å². The van der Waals surface area contributed by atoms with Crippen LogP contribution in [-0.4, -0.2) is 13.2 Å². The number of hydrogen-bond acceptors (Lipinski definition) is 1. The van der Waals surface area contributed by atoms with Gasteiger partial charge in [0.2, 0.25) is 0 Å². The second-order valence-electron chi connectivity index (χ2n) is 4.50. The Bertz CT molecular complexity index is 131. The van der Waals surface area contributed by atoms with Crippen molar-refractivity contribution in [2.24, 2.45) is 17.8 Å². The predicted molar refractivity (Wildman–Crippen MR) is 52.1 cm³/mol. The van der Waals surface area contributed by atoms with Gasteiger partial charge in [-0.05, 0) is 24.2 Å². The zero-order chi connectivity index (χ0) is 9.14. The third-order valence-corrected chi connectivity index (χ3v) is 3.31. The van der Waals surface area contributed by atoms with E-state index in [9.17, 15) is 0 Å². The van der Waals surface area contributed by atoms with E-state index in [4.69, 9.17) is 4.74 Å². The molecule has 1 aliphatic rings. The summed E-state index contributed by atoms with van der Waals surface area (Å²) in [7, 11) is 1.86. The lowest BCUT2D eigenvalue weighted by Gasteiger charge is -2.38. The topological polar surface area (TPSA) is 9.23 Å². The highest BCUT2D eigenvalue weighted by molar-refractivity contribution is 4.82. The lowest BCUT2D eigenvalue weighted by atomic mass is 9.72. The molecule has 0 unspecified atom stereocenters. The van der Waals surface area contributed by atoms with Crippen molar-refractivity contribution in [3.63, 3.8) is 0 Å². The normalized spacial score (nSPS) is 37.2. The molecule has 1 aliphatic carbocycles. The van der Waals surface area contributed by atoms with Crippen LogP contribution in [0.4, 0.5) is 0 Å². The van der Waals surface area contributed by atoms with Crippen molar-refractivity contribution in [1.82, 2.24) is 0 Å². The van der Waals surface area contributed by atoms with Crippen LogP contribution in [0.2, 0.25) is 0 Å². The maximum Gasteiger partial charge on any atom is 0.0604 e. The molecule has 0 N–H and O–H groups in total. The Morgan fingerprint density at radius 1 is 1.25 bits per heavy atom. The largest absolute Gasteiger partial charge is 0.381 e. The molecule has 0 heterocycles. The molecular weight excluding hydrogens is 148 g/mol. The van der Waals surface area contributed by atoms with Crippen molar-refractivity contribution in [2.75, 3.05) is 7.11 Å². The number of rotatable bonds is 2. The first kappa shape index (κ1) is 10.0. The molecule has 3 atom stereocenters. The molecule has 0 bridgehead atoms. The molecule has 0 aromatic carbocycles. The van der Waals surface area contributed by atoms with E-state index >= 15 is 0 Å². The maximum absolute atomic E-state index is 5.54. The number of ether oxygens (including phenoxy) is 1. The first-order valence-corrected chi connectivity index (χ1v) is 5.19. The number of methoxy groups -OCH3 is 1. The predicted octanol–water partition coefficient (Wildman–Crippen LogP) is 3.09.